The third-order valence-electron chi connectivity index (χ3n) is 4.80. The van der Waals surface area contributed by atoms with Gasteiger partial charge in [0.25, 0.3) is 0 Å². The van der Waals surface area contributed by atoms with Crippen LogP contribution < -0.4 is 5.32 Å². The number of piperazine rings is 1. The van der Waals surface area contributed by atoms with Crippen molar-refractivity contribution in [2.24, 2.45) is 5.41 Å². The van der Waals surface area contributed by atoms with Crippen LogP contribution in [0.15, 0.2) is 0 Å². The second kappa shape index (κ2) is 5.93. The topological polar surface area (TPSA) is 49.4 Å². The zero-order valence-corrected chi connectivity index (χ0v) is 12.2. The van der Waals surface area contributed by atoms with Gasteiger partial charge in [0.15, 0.2) is 0 Å². The quantitative estimate of drug-likeness (QED) is 0.828. The van der Waals surface area contributed by atoms with E-state index in [9.17, 15) is 9.59 Å². The molecular formula is C15H26N2O2. The zero-order valence-electron chi connectivity index (χ0n) is 12.2. The van der Waals surface area contributed by atoms with E-state index in [0.29, 0.717) is 0 Å². The number of carbonyl (C=O) groups is 2. The van der Waals surface area contributed by atoms with Gasteiger partial charge < -0.3 is 10.2 Å². The molecule has 2 amide bonds. The maximum atomic E-state index is 12.4. The average molecular weight is 266 g/mol. The van der Waals surface area contributed by atoms with Crippen molar-refractivity contribution in [1.29, 1.82) is 0 Å². The van der Waals surface area contributed by atoms with E-state index >= 15 is 0 Å². The molecule has 19 heavy (non-hydrogen) atoms. The fourth-order valence-corrected chi connectivity index (χ4v) is 3.54. The molecule has 0 spiro atoms. The highest BCUT2D eigenvalue weighted by Crippen LogP contribution is 2.41. The van der Waals surface area contributed by atoms with E-state index in [1.165, 1.54) is 25.7 Å². The van der Waals surface area contributed by atoms with Gasteiger partial charge in [0, 0.05) is 6.54 Å². The van der Waals surface area contributed by atoms with Crippen LogP contribution in [0.3, 0.4) is 0 Å². The molecule has 4 heteroatoms. The molecule has 1 saturated heterocycles. The van der Waals surface area contributed by atoms with E-state index < -0.39 is 0 Å². The number of hydrogen-bond donors (Lipinski definition) is 1. The van der Waals surface area contributed by atoms with Crippen molar-refractivity contribution in [3.63, 3.8) is 0 Å². The summed E-state index contributed by atoms with van der Waals surface area (Å²) in [5.74, 6) is 0.128. The second-order valence-corrected chi connectivity index (χ2v) is 6.16. The van der Waals surface area contributed by atoms with Crippen molar-refractivity contribution in [3.8, 4) is 0 Å². The molecule has 1 aliphatic carbocycles. The third-order valence-corrected chi connectivity index (χ3v) is 4.80. The minimum Gasteiger partial charge on any atom is -0.343 e. The van der Waals surface area contributed by atoms with Crippen LogP contribution in [0.4, 0.5) is 0 Å². The number of rotatable bonds is 5. The number of amides is 2. The van der Waals surface area contributed by atoms with E-state index in [2.05, 4.69) is 12.2 Å². The first-order valence-corrected chi connectivity index (χ1v) is 7.68. The highest BCUT2D eigenvalue weighted by atomic mass is 16.2. The monoisotopic (exact) mass is 266 g/mol. The van der Waals surface area contributed by atoms with Gasteiger partial charge in [-0.2, -0.15) is 0 Å². The molecular weight excluding hydrogens is 240 g/mol. The molecule has 1 aliphatic heterocycles. The van der Waals surface area contributed by atoms with Crippen molar-refractivity contribution in [3.05, 3.63) is 0 Å². The van der Waals surface area contributed by atoms with Crippen molar-refractivity contribution in [2.45, 2.75) is 64.8 Å². The van der Waals surface area contributed by atoms with Crippen LogP contribution in [0.5, 0.6) is 0 Å². The van der Waals surface area contributed by atoms with Gasteiger partial charge in [-0.25, -0.2) is 0 Å². The average Bonchev–Trinajstić information content (AvgIpc) is 2.84. The van der Waals surface area contributed by atoms with E-state index in [1.807, 2.05) is 11.8 Å². The Labute approximate surface area is 115 Å². The molecule has 1 N–H and O–H groups in total. The zero-order chi connectivity index (χ0) is 13.9. The molecule has 1 saturated carbocycles. The van der Waals surface area contributed by atoms with Gasteiger partial charge in [0.1, 0.15) is 6.04 Å². The largest absolute Gasteiger partial charge is 0.343 e. The van der Waals surface area contributed by atoms with Crippen molar-refractivity contribution < 1.29 is 9.59 Å². The first-order valence-electron chi connectivity index (χ1n) is 7.68. The molecule has 2 rings (SSSR count). The van der Waals surface area contributed by atoms with Crippen LogP contribution in [0.1, 0.15) is 58.8 Å². The Hall–Kier alpha value is -1.06. The Morgan fingerprint density at radius 2 is 1.95 bits per heavy atom. The summed E-state index contributed by atoms with van der Waals surface area (Å²) in [5.41, 5.74) is 0.268. The molecule has 0 aromatic carbocycles. The Kier molecular flexibility index (Phi) is 4.48. The smallest absolute Gasteiger partial charge is 0.245 e. The van der Waals surface area contributed by atoms with Crippen LogP contribution >= 0.6 is 0 Å². The van der Waals surface area contributed by atoms with E-state index in [0.717, 1.165) is 25.8 Å². The van der Waals surface area contributed by atoms with Gasteiger partial charge in [0.2, 0.25) is 11.8 Å². The predicted octanol–water partition coefficient (Wildman–Crippen LogP) is 2.08. The Morgan fingerprint density at radius 1 is 1.26 bits per heavy atom. The molecule has 108 valence electrons. The van der Waals surface area contributed by atoms with Gasteiger partial charge in [-0.05, 0) is 31.1 Å². The van der Waals surface area contributed by atoms with Gasteiger partial charge in [-0.3, -0.25) is 9.59 Å². The van der Waals surface area contributed by atoms with Gasteiger partial charge in [-0.1, -0.05) is 33.1 Å². The lowest BCUT2D eigenvalue weighted by Gasteiger charge is -2.39. The van der Waals surface area contributed by atoms with Crippen molar-refractivity contribution in [1.82, 2.24) is 10.2 Å². The van der Waals surface area contributed by atoms with Crippen LogP contribution in [0.25, 0.3) is 0 Å². The molecule has 4 nitrogen and oxygen atoms in total. The molecule has 1 atom stereocenters. The van der Waals surface area contributed by atoms with Crippen LogP contribution in [-0.2, 0) is 9.59 Å². The second-order valence-electron chi connectivity index (χ2n) is 6.16. The minimum absolute atomic E-state index is 0.00213. The summed E-state index contributed by atoms with van der Waals surface area (Å²) in [6.45, 7) is 5.28. The molecule has 0 radical (unpaired) electrons. The molecule has 1 unspecified atom stereocenters. The van der Waals surface area contributed by atoms with E-state index in [1.54, 1.807) is 0 Å². The predicted molar refractivity (Wildman–Crippen MR) is 74.6 cm³/mol. The summed E-state index contributed by atoms with van der Waals surface area (Å²) in [6, 6.07) is -0.290. The molecule has 0 aromatic heterocycles. The van der Waals surface area contributed by atoms with Crippen LogP contribution in [-0.4, -0.2) is 35.8 Å². The lowest BCUT2D eigenvalue weighted by Crippen LogP contribution is -2.59. The van der Waals surface area contributed by atoms with Gasteiger partial charge in [-0.15, -0.1) is 0 Å². The van der Waals surface area contributed by atoms with E-state index in [4.69, 9.17) is 0 Å². The third kappa shape index (κ3) is 3.10. The summed E-state index contributed by atoms with van der Waals surface area (Å²) >= 11 is 0. The highest BCUT2D eigenvalue weighted by Gasteiger charge is 2.39. The van der Waals surface area contributed by atoms with Crippen LogP contribution in [0, 0.1) is 5.41 Å². The molecule has 0 bridgehead atoms. The number of nitrogens with zero attached hydrogens (tertiary/aromatic N) is 1. The van der Waals surface area contributed by atoms with Gasteiger partial charge >= 0.3 is 0 Å². The Bertz CT molecular complexity index is 348. The van der Waals surface area contributed by atoms with Crippen LogP contribution in [0.2, 0.25) is 0 Å². The highest BCUT2D eigenvalue weighted by molar-refractivity contribution is 5.94. The lowest BCUT2D eigenvalue weighted by molar-refractivity contribution is -0.146. The van der Waals surface area contributed by atoms with Crippen molar-refractivity contribution in [2.75, 3.05) is 13.1 Å². The molecule has 1 heterocycles. The molecule has 0 aromatic rings. The summed E-state index contributed by atoms with van der Waals surface area (Å²) < 4.78 is 0. The minimum atomic E-state index is -0.290. The Balaban J connectivity index is 2.05. The summed E-state index contributed by atoms with van der Waals surface area (Å²) in [6.07, 6.45) is 7.71. The fraction of sp³-hybridized carbons (Fsp3) is 0.867. The SMILES string of the molecule is CCCC1NC(=O)CN(CC2(CC)CCCC2)C1=O. The number of nitrogens with one attached hydrogen (secondary N) is 1. The van der Waals surface area contributed by atoms with Crippen molar-refractivity contribution >= 4 is 11.8 Å². The Morgan fingerprint density at radius 3 is 2.53 bits per heavy atom. The lowest BCUT2D eigenvalue weighted by atomic mass is 9.82. The van der Waals surface area contributed by atoms with Gasteiger partial charge in [0.05, 0.1) is 6.54 Å². The summed E-state index contributed by atoms with van der Waals surface area (Å²) in [5, 5.41) is 2.82. The fourth-order valence-electron chi connectivity index (χ4n) is 3.54. The molecule has 2 fully saturated rings. The standard InChI is InChI=1S/C15H26N2O2/c1-3-7-12-14(19)17(10-13(18)16-12)11-15(4-2)8-5-6-9-15/h12H,3-11H2,1-2H3,(H,16,18). The van der Waals surface area contributed by atoms with E-state index in [-0.39, 0.29) is 29.8 Å². The summed E-state index contributed by atoms with van der Waals surface area (Å²) in [7, 11) is 0. The maximum absolute atomic E-state index is 12.4. The normalized spacial score (nSPS) is 26.6. The number of carbonyl (C=O) groups excluding carboxylic acids is 2. The summed E-state index contributed by atoms with van der Waals surface area (Å²) in [4.78, 5) is 26.0. The first-order chi connectivity index (χ1) is 9.10. The maximum Gasteiger partial charge on any atom is 0.245 e. The first kappa shape index (κ1) is 14.4. The number of hydrogen-bond acceptors (Lipinski definition) is 2. The molecule has 2 aliphatic rings.